The van der Waals surface area contributed by atoms with Crippen molar-refractivity contribution in [3.05, 3.63) is 101 Å². The van der Waals surface area contributed by atoms with Crippen LogP contribution in [0, 0.1) is 17.6 Å². The minimum atomic E-state index is -0.684. The van der Waals surface area contributed by atoms with Gasteiger partial charge in [-0.15, -0.1) is 0 Å². The molecule has 0 aliphatic carbocycles. The number of amides is 1. The molecule has 1 amide bonds. The van der Waals surface area contributed by atoms with E-state index in [-0.39, 0.29) is 28.8 Å². The van der Waals surface area contributed by atoms with E-state index in [0.717, 1.165) is 11.1 Å². The number of nitrogens with zero attached hydrogens (tertiary/aromatic N) is 4. The Morgan fingerprint density at radius 1 is 0.925 bits per heavy atom. The smallest absolute Gasteiger partial charge is 0.313 e. The van der Waals surface area contributed by atoms with Gasteiger partial charge in [-0.1, -0.05) is 38.1 Å². The van der Waals surface area contributed by atoms with E-state index in [0.29, 0.717) is 11.6 Å². The van der Waals surface area contributed by atoms with Gasteiger partial charge in [-0.05, 0) is 42.3 Å². The van der Waals surface area contributed by atoms with Gasteiger partial charge in [0, 0.05) is 19.3 Å². The van der Waals surface area contributed by atoms with E-state index in [1.165, 1.54) is 43.6 Å². The van der Waals surface area contributed by atoms with Gasteiger partial charge in [0.25, 0.3) is 5.91 Å². The van der Waals surface area contributed by atoms with Gasteiger partial charge in [-0.2, -0.15) is 5.10 Å². The quantitative estimate of drug-likeness (QED) is 0.301. The summed E-state index contributed by atoms with van der Waals surface area (Å²) in [7, 11) is 3.10. The Bertz CT molecular complexity index is 1460. The van der Waals surface area contributed by atoms with E-state index >= 15 is 0 Å². The molecule has 40 heavy (non-hydrogen) atoms. The Labute approximate surface area is 230 Å². The highest BCUT2D eigenvalue weighted by atomic mass is 19.1. The van der Waals surface area contributed by atoms with E-state index in [1.54, 1.807) is 56.8 Å². The number of aromatic nitrogens is 4. The Hall–Kier alpha value is -4.67. The summed E-state index contributed by atoms with van der Waals surface area (Å²) in [5, 5.41) is 7.30. The second kappa shape index (κ2) is 12.0. The highest BCUT2D eigenvalue weighted by molar-refractivity contribution is 5.96. The van der Waals surface area contributed by atoms with Crippen LogP contribution < -0.4 is 14.8 Å². The third-order valence-electron chi connectivity index (χ3n) is 6.19. The number of carbonyl (C=O) groups excluding carboxylic acids is 2. The lowest BCUT2D eigenvalue weighted by atomic mass is 9.90. The van der Waals surface area contributed by atoms with Gasteiger partial charge in [0.1, 0.15) is 17.5 Å². The number of hydrogen-bond acceptors (Lipinski definition) is 7. The zero-order chi connectivity index (χ0) is 29.0. The molecule has 0 aliphatic heterocycles. The summed E-state index contributed by atoms with van der Waals surface area (Å²) in [4.78, 5) is 34.3. The number of halogens is 2. The summed E-state index contributed by atoms with van der Waals surface area (Å²) in [6, 6.07) is 12.7. The van der Waals surface area contributed by atoms with E-state index < -0.39 is 29.8 Å². The zero-order valence-corrected chi connectivity index (χ0v) is 22.7. The molecule has 0 saturated carbocycles. The fourth-order valence-electron chi connectivity index (χ4n) is 4.05. The van der Waals surface area contributed by atoms with Crippen molar-refractivity contribution < 1.29 is 27.8 Å². The molecule has 2 heterocycles. The van der Waals surface area contributed by atoms with Crippen molar-refractivity contribution >= 4 is 11.9 Å². The molecule has 0 aliphatic rings. The van der Waals surface area contributed by atoms with Crippen LogP contribution in [0.2, 0.25) is 0 Å². The third-order valence-corrected chi connectivity index (χ3v) is 6.19. The number of esters is 1. The minimum Gasteiger partial charge on any atom is -0.493 e. The molecule has 4 rings (SSSR count). The van der Waals surface area contributed by atoms with Gasteiger partial charge in [0.2, 0.25) is 5.75 Å². The second-order valence-corrected chi connectivity index (χ2v) is 9.45. The highest BCUT2D eigenvalue weighted by Crippen LogP contribution is 2.33. The summed E-state index contributed by atoms with van der Waals surface area (Å²) in [6.45, 7) is 5.03. The summed E-state index contributed by atoms with van der Waals surface area (Å²) >= 11 is 0. The monoisotopic (exact) mass is 549 g/mol. The number of nitrogens with one attached hydrogen (secondary N) is 1. The van der Waals surface area contributed by atoms with Crippen molar-refractivity contribution in [3.8, 4) is 11.5 Å². The normalized spacial score (nSPS) is 11.9. The maximum atomic E-state index is 13.7. The van der Waals surface area contributed by atoms with Gasteiger partial charge >= 0.3 is 5.97 Å². The lowest BCUT2D eigenvalue weighted by Gasteiger charge is -2.17. The van der Waals surface area contributed by atoms with Crippen LogP contribution in [0.15, 0.2) is 60.8 Å². The first kappa shape index (κ1) is 28.3. The van der Waals surface area contributed by atoms with Crippen LogP contribution >= 0.6 is 0 Å². The maximum Gasteiger partial charge on any atom is 0.313 e. The molecule has 2 aromatic heterocycles. The van der Waals surface area contributed by atoms with Gasteiger partial charge in [0.05, 0.1) is 25.0 Å². The molecular formula is C29H29F2N5O4. The summed E-state index contributed by atoms with van der Waals surface area (Å²) in [6.07, 6.45) is 1.37. The van der Waals surface area contributed by atoms with E-state index in [1.807, 2.05) is 0 Å². The number of hydrogen-bond donors (Lipinski definition) is 1. The molecule has 2 aromatic carbocycles. The number of carbonyl (C=O) groups is 2. The molecule has 0 radical (unpaired) electrons. The second-order valence-electron chi connectivity index (χ2n) is 9.45. The predicted octanol–water partition coefficient (Wildman–Crippen LogP) is 4.73. The maximum absolute atomic E-state index is 13.7. The standard InChI is InChI=1S/C29H29F2N5O4/c1-16(2)29(38)40-25-22(39-5)14-15-32-24(25)28(37)33-17(3)26-34-27(36(4)35-26)23(18-6-10-20(30)11-7-18)19-8-12-21(31)13-9-19/h6-17,23H,1-5H3,(H,33,37)/t17-/m0/s1. The molecule has 208 valence electrons. The summed E-state index contributed by atoms with van der Waals surface area (Å²) in [5.41, 5.74) is 1.32. The van der Waals surface area contributed by atoms with Crippen LogP contribution in [0.4, 0.5) is 8.78 Å². The van der Waals surface area contributed by atoms with Crippen LogP contribution in [0.1, 0.15) is 66.0 Å². The summed E-state index contributed by atoms with van der Waals surface area (Å²) in [5.74, 6) is -1.98. The third kappa shape index (κ3) is 6.14. The van der Waals surface area contributed by atoms with Crippen LogP contribution in [-0.2, 0) is 11.8 Å². The van der Waals surface area contributed by atoms with Gasteiger partial charge < -0.3 is 14.8 Å². The van der Waals surface area contributed by atoms with Crippen molar-refractivity contribution in [2.75, 3.05) is 7.11 Å². The predicted molar refractivity (Wildman–Crippen MR) is 142 cm³/mol. The topological polar surface area (TPSA) is 108 Å². The number of aryl methyl sites for hydroxylation is 1. The lowest BCUT2D eigenvalue weighted by molar-refractivity contribution is -0.137. The van der Waals surface area contributed by atoms with Crippen molar-refractivity contribution in [3.63, 3.8) is 0 Å². The Kier molecular flexibility index (Phi) is 8.52. The Balaban J connectivity index is 1.65. The van der Waals surface area contributed by atoms with Crippen molar-refractivity contribution in [1.82, 2.24) is 25.1 Å². The first-order chi connectivity index (χ1) is 19.1. The number of methoxy groups -OCH3 is 1. The molecule has 1 N–H and O–H groups in total. The highest BCUT2D eigenvalue weighted by Gasteiger charge is 2.28. The van der Waals surface area contributed by atoms with Crippen molar-refractivity contribution in [1.29, 1.82) is 0 Å². The number of pyridine rings is 1. The molecule has 0 spiro atoms. The molecule has 0 fully saturated rings. The van der Waals surface area contributed by atoms with E-state index in [9.17, 15) is 18.4 Å². The van der Waals surface area contributed by atoms with Crippen LogP contribution in [0.3, 0.4) is 0 Å². The number of benzene rings is 2. The van der Waals surface area contributed by atoms with E-state index in [4.69, 9.17) is 14.5 Å². The van der Waals surface area contributed by atoms with Gasteiger partial charge in [0.15, 0.2) is 17.3 Å². The molecule has 4 aromatic rings. The van der Waals surface area contributed by atoms with Crippen LogP contribution in [0.25, 0.3) is 0 Å². The molecule has 9 nitrogen and oxygen atoms in total. The SMILES string of the molecule is COc1ccnc(C(=O)N[C@@H](C)c2nc(C(c3ccc(F)cc3)c3ccc(F)cc3)n(C)n2)c1OC(=O)C(C)C. The fraction of sp³-hybridized carbons (Fsp3) is 0.276. The largest absolute Gasteiger partial charge is 0.493 e. The Morgan fingerprint density at radius 2 is 1.50 bits per heavy atom. The van der Waals surface area contributed by atoms with Gasteiger partial charge in [-0.25, -0.2) is 18.7 Å². The minimum absolute atomic E-state index is 0.0873. The molecule has 0 bridgehead atoms. The van der Waals surface area contributed by atoms with Crippen LogP contribution in [0.5, 0.6) is 11.5 Å². The molecule has 1 atom stereocenters. The van der Waals surface area contributed by atoms with E-state index in [2.05, 4.69) is 15.4 Å². The average Bonchev–Trinajstić information content (AvgIpc) is 3.32. The van der Waals surface area contributed by atoms with Crippen molar-refractivity contribution in [2.45, 2.75) is 32.7 Å². The first-order valence-corrected chi connectivity index (χ1v) is 12.6. The Morgan fingerprint density at radius 3 is 2.02 bits per heavy atom. The molecule has 0 saturated heterocycles. The molecule has 0 unspecified atom stereocenters. The fourth-order valence-corrected chi connectivity index (χ4v) is 4.05. The van der Waals surface area contributed by atoms with Crippen molar-refractivity contribution in [2.24, 2.45) is 13.0 Å². The summed E-state index contributed by atoms with van der Waals surface area (Å²) < 4.78 is 39.6. The molecule has 11 heteroatoms. The average molecular weight is 550 g/mol. The number of ether oxygens (including phenoxy) is 2. The number of rotatable bonds is 9. The first-order valence-electron chi connectivity index (χ1n) is 12.6. The zero-order valence-electron chi connectivity index (χ0n) is 22.7. The van der Waals surface area contributed by atoms with Gasteiger partial charge in [-0.3, -0.25) is 14.3 Å². The molecular weight excluding hydrogens is 520 g/mol. The lowest BCUT2D eigenvalue weighted by Crippen LogP contribution is -2.29. The van der Waals surface area contributed by atoms with Crippen LogP contribution in [-0.4, -0.2) is 38.7 Å².